The van der Waals surface area contributed by atoms with Crippen molar-refractivity contribution in [3.8, 4) is 0 Å². The van der Waals surface area contributed by atoms with Crippen LogP contribution >= 0.6 is 11.3 Å². The number of aromatic nitrogens is 1. The van der Waals surface area contributed by atoms with Crippen LogP contribution in [0.4, 0.5) is 5.13 Å². The fraction of sp³-hybridized carbons (Fsp3) is 0.700. The zero-order chi connectivity index (χ0) is 10.6. The average molecular weight is 214 g/mol. The van der Waals surface area contributed by atoms with Crippen molar-refractivity contribution in [1.29, 1.82) is 0 Å². The van der Waals surface area contributed by atoms with Gasteiger partial charge in [0.2, 0.25) is 0 Å². The molecule has 0 bridgehead atoms. The van der Waals surface area contributed by atoms with E-state index >= 15 is 0 Å². The number of hydrogen-bond donors (Lipinski definition) is 2. The van der Waals surface area contributed by atoms with Crippen LogP contribution < -0.4 is 5.73 Å². The minimum atomic E-state index is -0.759. The number of nitrogen functional groups attached to an aromatic ring is 1. The highest BCUT2D eigenvalue weighted by molar-refractivity contribution is 7.15. The van der Waals surface area contributed by atoms with Crippen molar-refractivity contribution < 1.29 is 5.11 Å². The maximum Gasteiger partial charge on any atom is 0.180 e. The van der Waals surface area contributed by atoms with Gasteiger partial charge in [0.05, 0.1) is 10.5 Å². The number of nitrogens with zero attached hydrogens (tertiary/aromatic N) is 1. The lowest BCUT2D eigenvalue weighted by atomic mass is 9.97. The van der Waals surface area contributed by atoms with Gasteiger partial charge in [-0.2, -0.15) is 0 Å². The Bertz CT molecular complexity index is 283. The normalized spacial score (nSPS) is 15.4. The van der Waals surface area contributed by atoms with Gasteiger partial charge in [-0.15, -0.1) is 0 Å². The predicted octanol–water partition coefficient (Wildman–Crippen LogP) is 2.51. The van der Waals surface area contributed by atoms with Crippen LogP contribution in [0.5, 0.6) is 0 Å². The third-order valence-corrected chi connectivity index (χ3v) is 3.40. The molecule has 1 heterocycles. The van der Waals surface area contributed by atoms with Crippen LogP contribution in [-0.2, 0) is 5.60 Å². The van der Waals surface area contributed by atoms with Crippen LogP contribution in [0.3, 0.4) is 0 Å². The van der Waals surface area contributed by atoms with Gasteiger partial charge in [0.15, 0.2) is 5.13 Å². The molecular formula is C10H18N2OS. The van der Waals surface area contributed by atoms with Crippen molar-refractivity contribution in [2.24, 2.45) is 0 Å². The number of anilines is 1. The van der Waals surface area contributed by atoms with Crippen LogP contribution in [-0.4, -0.2) is 10.1 Å². The zero-order valence-electron chi connectivity index (χ0n) is 8.79. The van der Waals surface area contributed by atoms with Gasteiger partial charge in [0.1, 0.15) is 0 Å². The lowest BCUT2D eigenvalue weighted by Crippen LogP contribution is -2.19. The van der Waals surface area contributed by atoms with Crippen LogP contribution in [0.2, 0.25) is 0 Å². The average Bonchev–Trinajstić information content (AvgIpc) is 2.53. The second kappa shape index (κ2) is 4.75. The molecule has 0 spiro atoms. The molecule has 0 aliphatic carbocycles. The Balaban J connectivity index is 2.56. The van der Waals surface area contributed by atoms with E-state index in [2.05, 4.69) is 11.9 Å². The van der Waals surface area contributed by atoms with Gasteiger partial charge in [-0.3, -0.25) is 0 Å². The quantitative estimate of drug-likeness (QED) is 0.740. The Kier molecular flexibility index (Phi) is 3.89. The summed E-state index contributed by atoms with van der Waals surface area (Å²) in [6.07, 6.45) is 5.82. The summed E-state index contributed by atoms with van der Waals surface area (Å²) < 4.78 is 0. The van der Waals surface area contributed by atoms with E-state index in [9.17, 15) is 5.11 Å². The number of unbranched alkanes of at least 4 members (excludes halogenated alkanes) is 2. The van der Waals surface area contributed by atoms with E-state index in [4.69, 9.17) is 5.73 Å². The molecule has 0 radical (unpaired) electrons. The maximum absolute atomic E-state index is 10.1. The Morgan fingerprint density at radius 3 is 2.79 bits per heavy atom. The molecule has 0 aliphatic heterocycles. The summed E-state index contributed by atoms with van der Waals surface area (Å²) in [5, 5.41) is 10.7. The molecule has 0 aromatic carbocycles. The fourth-order valence-corrected chi connectivity index (χ4v) is 2.14. The highest BCUT2D eigenvalue weighted by Crippen LogP contribution is 2.31. The van der Waals surface area contributed by atoms with Crippen molar-refractivity contribution in [2.45, 2.75) is 45.1 Å². The number of thiazole rings is 1. The minimum absolute atomic E-state index is 0.524. The third kappa shape index (κ3) is 2.96. The molecule has 0 aliphatic rings. The van der Waals surface area contributed by atoms with Gasteiger partial charge in [0.25, 0.3) is 0 Å². The molecule has 80 valence electrons. The van der Waals surface area contributed by atoms with Crippen molar-refractivity contribution in [3.05, 3.63) is 11.1 Å². The monoisotopic (exact) mass is 214 g/mol. The van der Waals surface area contributed by atoms with E-state index in [0.29, 0.717) is 5.13 Å². The predicted molar refractivity (Wildman–Crippen MR) is 60.2 cm³/mol. The summed E-state index contributed by atoms with van der Waals surface area (Å²) in [7, 11) is 0. The minimum Gasteiger partial charge on any atom is -0.385 e. The van der Waals surface area contributed by atoms with Gasteiger partial charge in [-0.05, 0) is 13.3 Å². The number of nitrogens with two attached hydrogens (primary N) is 1. The molecule has 1 rings (SSSR count). The van der Waals surface area contributed by atoms with E-state index in [0.717, 1.165) is 24.1 Å². The summed E-state index contributed by atoms with van der Waals surface area (Å²) >= 11 is 1.37. The topological polar surface area (TPSA) is 59.1 Å². The second-order valence-corrected chi connectivity index (χ2v) is 4.86. The smallest absolute Gasteiger partial charge is 0.180 e. The lowest BCUT2D eigenvalue weighted by molar-refractivity contribution is 0.0485. The Hall–Kier alpha value is -0.610. The van der Waals surface area contributed by atoms with E-state index < -0.39 is 5.60 Å². The molecule has 3 nitrogen and oxygen atoms in total. The SMILES string of the molecule is CCCCCC(C)(O)c1cnc(N)s1. The lowest BCUT2D eigenvalue weighted by Gasteiger charge is -2.20. The largest absolute Gasteiger partial charge is 0.385 e. The Morgan fingerprint density at radius 2 is 2.29 bits per heavy atom. The first-order valence-electron chi connectivity index (χ1n) is 5.00. The summed E-state index contributed by atoms with van der Waals surface area (Å²) in [5.41, 5.74) is 4.77. The van der Waals surface area contributed by atoms with E-state index in [1.807, 2.05) is 6.92 Å². The molecule has 1 unspecified atom stereocenters. The van der Waals surface area contributed by atoms with Crippen molar-refractivity contribution in [1.82, 2.24) is 4.98 Å². The molecule has 1 aromatic rings. The number of rotatable bonds is 5. The summed E-state index contributed by atoms with van der Waals surface area (Å²) in [6, 6.07) is 0. The van der Waals surface area contributed by atoms with Crippen molar-refractivity contribution >= 4 is 16.5 Å². The van der Waals surface area contributed by atoms with Crippen LogP contribution in [0, 0.1) is 0 Å². The molecule has 0 saturated heterocycles. The summed E-state index contributed by atoms with van der Waals surface area (Å²) in [4.78, 5) is 4.81. The highest BCUT2D eigenvalue weighted by Gasteiger charge is 2.24. The molecule has 1 aromatic heterocycles. The van der Waals surface area contributed by atoms with Crippen molar-refractivity contribution in [2.75, 3.05) is 5.73 Å². The van der Waals surface area contributed by atoms with Gasteiger partial charge in [-0.25, -0.2) is 4.98 Å². The summed E-state index contributed by atoms with van der Waals surface area (Å²) in [6.45, 7) is 3.98. The summed E-state index contributed by atoms with van der Waals surface area (Å²) in [5.74, 6) is 0. The Labute approximate surface area is 89.0 Å². The van der Waals surface area contributed by atoms with Crippen molar-refractivity contribution in [3.63, 3.8) is 0 Å². The molecule has 0 amide bonds. The molecule has 0 fully saturated rings. The maximum atomic E-state index is 10.1. The molecular weight excluding hydrogens is 196 g/mol. The van der Waals surface area contributed by atoms with Gasteiger partial charge >= 0.3 is 0 Å². The third-order valence-electron chi connectivity index (χ3n) is 2.32. The van der Waals surface area contributed by atoms with E-state index in [-0.39, 0.29) is 0 Å². The fourth-order valence-electron chi connectivity index (χ4n) is 1.38. The van der Waals surface area contributed by atoms with Gasteiger partial charge in [-0.1, -0.05) is 37.5 Å². The molecule has 3 N–H and O–H groups in total. The molecule has 14 heavy (non-hydrogen) atoms. The Morgan fingerprint density at radius 1 is 1.57 bits per heavy atom. The number of hydrogen-bond acceptors (Lipinski definition) is 4. The molecule has 1 atom stereocenters. The first kappa shape index (κ1) is 11.5. The van der Waals surface area contributed by atoms with E-state index in [1.165, 1.54) is 17.8 Å². The van der Waals surface area contributed by atoms with Crippen LogP contribution in [0.25, 0.3) is 0 Å². The second-order valence-electron chi connectivity index (χ2n) is 3.79. The standard InChI is InChI=1S/C10H18N2OS/c1-3-4-5-6-10(2,13)8-7-12-9(11)14-8/h7,13H,3-6H2,1-2H3,(H2,11,12). The number of aliphatic hydroxyl groups is 1. The molecule has 4 heteroatoms. The van der Waals surface area contributed by atoms with Crippen LogP contribution in [0.15, 0.2) is 6.20 Å². The zero-order valence-corrected chi connectivity index (χ0v) is 9.60. The van der Waals surface area contributed by atoms with Crippen LogP contribution in [0.1, 0.15) is 44.4 Å². The first-order valence-corrected chi connectivity index (χ1v) is 5.82. The molecule has 0 saturated carbocycles. The van der Waals surface area contributed by atoms with Gasteiger partial charge < -0.3 is 10.8 Å². The van der Waals surface area contributed by atoms with Gasteiger partial charge in [0, 0.05) is 6.20 Å². The van der Waals surface area contributed by atoms with E-state index in [1.54, 1.807) is 6.20 Å². The first-order chi connectivity index (χ1) is 6.56. The highest BCUT2D eigenvalue weighted by atomic mass is 32.1.